The highest BCUT2D eigenvalue weighted by Crippen LogP contribution is 2.34. The van der Waals surface area contributed by atoms with Crippen LogP contribution in [0.5, 0.6) is 0 Å². The largest absolute Gasteiger partial charge is 0.401 e. The Morgan fingerprint density at radius 2 is 2.06 bits per heavy atom. The highest BCUT2D eigenvalue weighted by atomic mass is 17.1. The van der Waals surface area contributed by atoms with Gasteiger partial charge in [-0.15, -0.1) is 0 Å². The highest BCUT2D eigenvalue weighted by Gasteiger charge is 2.38. The van der Waals surface area contributed by atoms with Crippen molar-refractivity contribution >= 4 is 0 Å². The van der Waals surface area contributed by atoms with Crippen molar-refractivity contribution in [3.63, 3.8) is 0 Å². The van der Waals surface area contributed by atoms with Gasteiger partial charge in [0.1, 0.15) is 5.60 Å². The topological polar surface area (TPSA) is 67.5 Å². The number of hydrogen-bond acceptors (Lipinski definition) is 4. The van der Waals surface area contributed by atoms with E-state index < -0.39 is 5.60 Å². The van der Waals surface area contributed by atoms with Gasteiger partial charge in [0.05, 0.1) is 0 Å². The second-order valence-corrected chi connectivity index (χ2v) is 4.27. The van der Waals surface area contributed by atoms with Crippen LogP contribution in [0.15, 0.2) is 35.6 Å². The van der Waals surface area contributed by atoms with Crippen LogP contribution >= 0.6 is 0 Å². The Balaban J connectivity index is 2.32. The summed E-state index contributed by atoms with van der Waals surface area (Å²) in [6.07, 6.45) is 10.0. The summed E-state index contributed by atoms with van der Waals surface area (Å²) in [7, 11) is 0. The fourth-order valence-corrected chi connectivity index (χ4v) is 2.33. The molecule has 0 unspecified atom stereocenters. The summed E-state index contributed by atoms with van der Waals surface area (Å²) in [4.78, 5) is 4.79. The molecule has 0 atom stereocenters. The molecule has 4 nitrogen and oxygen atoms in total. The molecule has 0 saturated carbocycles. The third-order valence-corrected chi connectivity index (χ3v) is 3.27. The zero-order chi connectivity index (χ0) is 11.4. The summed E-state index contributed by atoms with van der Waals surface area (Å²) in [5.41, 5.74) is 7.11. The van der Waals surface area contributed by atoms with Crippen molar-refractivity contribution in [2.24, 2.45) is 5.73 Å². The summed E-state index contributed by atoms with van der Waals surface area (Å²) in [6, 6.07) is 0. The zero-order valence-electron chi connectivity index (χ0n) is 9.28. The van der Waals surface area contributed by atoms with E-state index in [0.717, 1.165) is 37.2 Å². The van der Waals surface area contributed by atoms with Gasteiger partial charge in [-0.1, -0.05) is 24.3 Å². The van der Waals surface area contributed by atoms with Crippen LogP contribution in [0.3, 0.4) is 0 Å². The van der Waals surface area contributed by atoms with Gasteiger partial charge < -0.3 is 11.1 Å². The van der Waals surface area contributed by atoms with Crippen molar-refractivity contribution in [1.82, 2.24) is 5.32 Å². The average molecular weight is 222 g/mol. The molecule has 1 heterocycles. The molecule has 4 N–H and O–H groups in total. The maximum atomic E-state index is 9.23. The third-order valence-electron chi connectivity index (χ3n) is 3.27. The Kier molecular flexibility index (Phi) is 3.43. The number of nitrogens with one attached hydrogen (secondary N) is 1. The molecular formula is C12H18N2O2. The first-order valence-electron chi connectivity index (χ1n) is 5.64. The fourth-order valence-electron chi connectivity index (χ4n) is 2.33. The molecule has 88 valence electrons. The molecule has 16 heavy (non-hydrogen) atoms. The van der Waals surface area contributed by atoms with Crippen LogP contribution in [-0.4, -0.2) is 23.9 Å². The van der Waals surface area contributed by atoms with E-state index in [2.05, 4.69) is 5.32 Å². The summed E-state index contributed by atoms with van der Waals surface area (Å²) in [5, 5.41) is 12.5. The molecule has 1 fully saturated rings. The minimum Gasteiger partial charge on any atom is -0.401 e. The molecule has 4 heteroatoms. The Hall–Kier alpha value is -1.10. The van der Waals surface area contributed by atoms with Gasteiger partial charge >= 0.3 is 0 Å². The van der Waals surface area contributed by atoms with Crippen LogP contribution in [0.1, 0.15) is 19.3 Å². The van der Waals surface area contributed by atoms with Crippen molar-refractivity contribution in [3.8, 4) is 0 Å². The molecule has 0 aromatic carbocycles. The molecule has 2 aliphatic rings. The van der Waals surface area contributed by atoms with Crippen LogP contribution in [0.25, 0.3) is 0 Å². The first kappa shape index (κ1) is 11.4. The van der Waals surface area contributed by atoms with Gasteiger partial charge in [0.2, 0.25) is 0 Å². The second kappa shape index (κ2) is 4.82. The van der Waals surface area contributed by atoms with Gasteiger partial charge in [0.15, 0.2) is 0 Å². The van der Waals surface area contributed by atoms with Crippen LogP contribution < -0.4 is 11.1 Å². The zero-order valence-corrected chi connectivity index (χ0v) is 9.28. The quantitative estimate of drug-likeness (QED) is 0.487. The second-order valence-electron chi connectivity index (χ2n) is 4.27. The standard InChI is InChI=1S/C12H18N2O2/c13-11-5-3-1-2-4-10(11)12(16-15)6-8-14-9-7-12/h1-4,14-15H,5-9,13H2. The van der Waals surface area contributed by atoms with Crippen LogP contribution in [0, 0.1) is 0 Å². The number of piperidine rings is 1. The highest BCUT2D eigenvalue weighted by molar-refractivity contribution is 5.38. The van der Waals surface area contributed by atoms with E-state index in [9.17, 15) is 5.26 Å². The Morgan fingerprint density at radius 3 is 2.75 bits per heavy atom. The smallest absolute Gasteiger partial charge is 0.132 e. The van der Waals surface area contributed by atoms with E-state index in [4.69, 9.17) is 10.6 Å². The van der Waals surface area contributed by atoms with E-state index >= 15 is 0 Å². The fraction of sp³-hybridized carbons (Fsp3) is 0.500. The van der Waals surface area contributed by atoms with Crippen LogP contribution in [0.4, 0.5) is 0 Å². The van der Waals surface area contributed by atoms with Crippen molar-refractivity contribution in [3.05, 3.63) is 35.6 Å². The first-order valence-corrected chi connectivity index (χ1v) is 5.64. The maximum absolute atomic E-state index is 9.23. The van der Waals surface area contributed by atoms with E-state index in [0.29, 0.717) is 6.42 Å². The Bertz CT molecular complexity index is 339. The van der Waals surface area contributed by atoms with E-state index in [-0.39, 0.29) is 0 Å². The van der Waals surface area contributed by atoms with Gasteiger partial charge in [-0.2, -0.15) is 0 Å². The lowest BCUT2D eigenvalue weighted by molar-refractivity contribution is -0.315. The van der Waals surface area contributed by atoms with Gasteiger partial charge in [0, 0.05) is 17.7 Å². The molecule has 1 aliphatic carbocycles. The third kappa shape index (κ3) is 2.04. The molecule has 0 radical (unpaired) electrons. The molecular weight excluding hydrogens is 204 g/mol. The number of hydrogen-bond donors (Lipinski definition) is 3. The maximum Gasteiger partial charge on any atom is 0.132 e. The predicted octanol–water partition coefficient (Wildman–Crippen LogP) is 1.33. The molecule has 1 saturated heterocycles. The number of allylic oxidation sites excluding steroid dienone is 3. The molecule has 0 spiro atoms. The summed E-state index contributed by atoms with van der Waals surface area (Å²) >= 11 is 0. The SMILES string of the molecule is NC1=C(C2(OO)CCNCC2)C=CC=CC1. The van der Waals surface area contributed by atoms with E-state index in [1.165, 1.54) is 0 Å². The molecule has 0 aromatic heterocycles. The lowest BCUT2D eigenvalue weighted by Gasteiger charge is -2.36. The molecule has 1 aliphatic heterocycles. The van der Waals surface area contributed by atoms with Crippen molar-refractivity contribution in [1.29, 1.82) is 0 Å². The van der Waals surface area contributed by atoms with Crippen molar-refractivity contribution < 1.29 is 10.1 Å². The van der Waals surface area contributed by atoms with Gasteiger partial charge in [-0.05, 0) is 25.9 Å². The number of rotatable bonds is 2. The van der Waals surface area contributed by atoms with Crippen molar-refractivity contribution in [2.75, 3.05) is 13.1 Å². The molecule has 0 bridgehead atoms. The normalized spacial score (nSPS) is 24.6. The minimum absolute atomic E-state index is 0.627. The lowest BCUT2D eigenvalue weighted by atomic mass is 9.83. The molecule has 2 rings (SSSR count). The molecule has 0 aromatic rings. The van der Waals surface area contributed by atoms with Gasteiger partial charge in [-0.3, -0.25) is 5.26 Å². The summed E-state index contributed by atoms with van der Waals surface area (Å²) in [6.45, 7) is 1.66. The van der Waals surface area contributed by atoms with E-state index in [1.807, 2.05) is 24.3 Å². The lowest BCUT2D eigenvalue weighted by Crippen LogP contribution is -2.45. The predicted molar refractivity (Wildman–Crippen MR) is 62.7 cm³/mol. The van der Waals surface area contributed by atoms with Gasteiger partial charge in [-0.25, -0.2) is 4.89 Å². The van der Waals surface area contributed by atoms with Gasteiger partial charge in [0.25, 0.3) is 0 Å². The Labute approximate surface area is 95.4 Å². The minimum atomic E-state index is -0.627. The average Bonchev–Trinajstić information content (AvgIpc) is 2.55. The summed E-state index contributed by atoms with van der Waals surface area (Å²) in [5.74, 6) is 0. The molecule has 0 amide bonds. The van der Waals surface area contributed by atoms with Crippen molar-refractivity contribution in [2.45, 2.75) is 24.9 Å². The number of nitrogens with two attached hydrogens (primary N) is 1. The summed E-state index contributed by atoms with van der Waals surface area (Å²) < 4.78 is 0. The van der Waals surface area contributed by atoms with Crippen LogP contribution in [0.2, 0.25) is 0 Å². The Morgan fingerprint density at radius 1 is 1.31 bits per heavy atom. The van der Waals surface area contributed by atoms with E-state index in [1.54, 1.807) is 0 Å². The van der Waals surface area contributed by atoms with Crippen LogP contribution in [-0.2, 0) is 4.89 Å². The monoisotopic (exact) mass is 222 g/mol. The first-order chi connectivity index (χ1) is 7.78.